The maximum absolute atomic E-state index is 13.6. The second kappa shape index (κ2) is 6.84. The molecule has 5 nitrogen and oxygen atoms in total. The lowest BCUT2D eigenvalue weighted by Crippen LogP contribution is -2.64. The van der Waals surface area contributed by atoms with Gasteiger partial charge in [0.1, 0.15) is 17.7 Å². The average Bonchev–Trinajstić information content (AvgIpc) is 2.57. The van der Waals surface area contributed by atoms with Crippen LogP contribution in [0.3, 0.4) is 0 Å². The van der Waals surface area contributed by atoms with Gasteiger partial charge >= 0.3 is 0 Å². The number of amides is 2. The van der Waals surface area contributed by atoms with Gasteiger partial charge in [-0.2, -0.15) is 0 Å². The third-order valence-corrected chi connectivity index (χ3v) is 4.85. The summed E-state index contributed by atoms with van der Waals surface area (Å²) >= 11 is 0. The molecule has 1 unspecified atom stereocenters. The van der Waals surface area contributed by atoms with E-state index >= 15 is 0 Å². The van der Waals surface area contributed by atoms with Crippen molar-refractivity contribution in [2.75, 3.05) is 39.8 Å². The average molecular weight is 337 g/mol. The van der Waals surface area contributed by atoms with Crippen LogP contribution in [-0.2, 0) is 16.0 Å². The first-order valence-corrected chi connectivity index (χ1v) is 8.16. The SMILES string of the molecule is CN1CCN2CCN(C(=O)CCc3ccc(F)cc3F)CC2C1=O. The number of likely N-dealkylation sites (N-methyl/N-ethyl adjacent to an activating group) is 1. The van der Waals surface area contributed by atoms with Gasteiger partial charge in [0.2, 0.25) is 11.8 Å². The number of aryl methyl sites for hydroxylation is 1. The number of carbonyl (C=O) groups excluding carboxylic acids is 2. The third-order valence-electron chi connectivity index (χ3n) is 4.85. The number of piperazine rings is 2. The van der Waals surface area contributed by atoms with E-state index in [-0.39, 0.29) is 30.7 Å². The minimum Gasteiger partial charge on any atom is -0.343 e. The minimum atomic E-state index is -0.628. The lowest BCUT2D eigenvalue weighted by molar-refractivity contribution is -0.147. The normalized spacial score (nSPS) is 21.8. The van der Waals surface area contributed by atoms with Crippen LogP contribution in [0.25, 0.3) is 0 Å². The number of benzene rings is 1. The van der Waals surface area contributed by atoms with Crippen LogP contribution in [0.2, 0.25) is 0 Å². The molecular weight excluding hydrogens is 316 g/mol. The molecular formula is C17H21F2N3O2. The number of rotatable bonds is 3. The molecule has 2 heterocycles. The zero-order chi connectivity index (χ0) is 17.3. The summed E-state index contributed by atoms with van der Waals surface area (Å²) in [6.07, 6.45) is 0.378. The predicted octanol–water partition coefficient (Wildman–Crippen LogP) is 0.882. The summed E-state index contributed by atoms with van der Waals surface area (Å²) in [6, 6.07) is 3.12. The van der Waals surface area contributed by atoms with Crippen LogP contribution >= 0.6 is 0 Å². The molecule has 130 valence electrons. The van der Waals surface area contributed by atoms with Crippen molar-refractivity contribution in [3.8, 4) is 0 Å². The Morgan fingerprint density at radius 3 is 2.71 bits per heavy atom. The van der Waals surface area contributed by atoms with E-state index in [1.165, 1.54) is 12.1 Å². The fourth-order valence-electron chi connectivity index (χ4n) is 3.32. The van der Waals surface area contributed by atoms with Gasteiger partial charge in [0, 0.05) is 52.3 Å². The number of nitrogens with zero attached hydrogens (tertiary/aromatic N) is 3. The van der Waals surface area contributed by atoms with E-state index in [4.69, 9.17) is 0 Å². The Balaban J connectivity index is 1.58. The lowest BCUT2D eigenvalue weighted by Gasteiger charge is -2.45. The Hall–Kier alpha value is -2.02. The number of fused-ring (bicyclic) bond motifs is 1. The van der Waals surface area contributed by atoms with Crippen LogP contribution in [0.1, 0.15) is 12.0 Å². The molecule has 2 saturated heterocycles. The van der Waals surface area contributed by atoms with Crippen LogP contribution in [0, 0.1) is 11.6 Å². The smallest absolute Gasteiger partial charge is 0.241 e. The van der Waals surface area contributed by atoms with Gasteiger partial charge in [-0.3, -0.25) is 14.5 Å². The fraction of sp³-hybridized carbons (Fsp3) is 0.529. The molecule has 2 aliphatic rings. The highest BCUT2D eigenvalue weighted by Crippen LogP contribution is 2.18. The van der Waals surface area contributed by atoms with Crippen molar-refractivity contribution in [1.29, 1.82) is 0 Å². The van der Waals surface area contributed by atoms with Crippen LogP contribution in [0.15, 0.2) is 18.2 Å². The topological polar surface area (TPSA) is 43.9 Å². The van der Waals surface area contributed by atoms with Crippen LogP contribution in [-0.4, -0.2) is 72.3 Å². The molecule has 1 atom stereocenters. The maximum Gasteiger partial charge on any atom is 0.241 e. The first-order valence-electron chi connectivity index (χ1n) is 8.16. The Bertz CT molecular complexity index is 653. The van der Waals surface area contributed by atoms with E-state index in [0.717, 1.165) is 12.6 Å². The maximum atomic E-state index is 13.6. The van der Waals surface area contributed by atoms with Crippen molar-refractivity contribution in [3.63, 3.8) is 0 Å². The van der Waals surface area contributed by atoms with Crippen molar-refractivity contribution in [2.45, 2.75) is 18.9 Å². The Morgan fingerprint density at radius 1 is 1.21 bits per heavy atom. The van der Waals surface area contributed by atoms with Crippen molar-refractivity contribution < 1.29 is 18.4 Å². The first kappa shape index (κ1) is 16.8. The van der Waals surface area contributed by atoms with Gasteiger partial charge in [-0.05, 0) is 18.1 Å². The van der Waals surface area contributed by atoms with E-state index in [9.17, 15) is 18.4 Å². The van der Waals surface area contributed by atoms with Crippen LogP contribution in [0.4, 0.5) is 8.78 Å². The number of hydrogen-bond donors (Lipinski definition) is 0. The highest BCUT2D eigenvalue weighted by molar-refractivity contribution is 5.84. The Labute approximate surface area is 139 Å². The van der Waals surface area contributed by atoms with Crippen LogP contribution in [0.5, 0.6) is 0 Å². The van der Waals surface area contributed by atoms with Crippen molar-refractivity contribution in [2.24, 2.45) is 0 Å². The van der Waals surface area contributed by atoms with Gasteiger partial charge in [-0.1, -0.05) is 6.07 Å². The Kier molecular flexibility index (Phi) is 4.80. The van der Waals surface area contributed by atoms with Crippen molar-refractivity contribution >= 4 is 11.8 Å². The molecule has 24 heavy (non-hydrogen) atoms. The van der Waals surface area contributed by atoms with E-state index in [1.54, 1.807) is 16.8 Å². The van der Waals surface area contributed by atoms with Gasteiger partial charge in [0.05, 0.1) is 0 Å². The molecule has 1 aromatic rings. The molecule has 1 aromatic carbocycles. The zero-order valence-electron chi connectivity index (χ0n) is 13.7. The quantitative estimate of drug-likeness (QED) is 0.823. The zero-order valence-corrected chi connectivity index (χ0v) is 13.7. The largest absolute Gasteiger partial charge is 0.343 e. The third kappa shape index (κ3) is 3.40. The Morgan fingerprint density at radius 2 is 1.96 bits per heavy atom. The summed E-state index contributed by atoms with van der Waals surface area (Å²) in [5.74, 6) is -1.31. The highest BCUT2D eigenvalue weighted by Gasteiger charge is 2.38. The number of carbonyl (C=O) groups is 2. The fourth-order valence-corrected chi connectivity index (χ4v) is 3.32. The summed E-state index contributed by atoms with van der Waals surface area (Å²) < 4.78 is 26.5. The van der Waals surface area contributed by atoms with Gasteiger partial charge in [0.25, 0.3) is 0 Å². The molecule has 0 aromatic heterocycles. The van der Waals surface area contributed by atoms with Gasteiger partial charge in [-0.25, -0.2) is 8.78 Å². The summed E-state index contributed by atoms with van der Waals surface area (Å²) in [5.41, 5.74) is 0.330. The molecule has 3 rings (SSSR count). The molecule has 0 aliphatic carbocycles. The minimum absolute atomic E-state index is 0.0447. The van der Waals surface area contributed by atoms with Crippen LogP contribution < -0.4 is 0 Å². The molecule has 0 radical (unpaired) electrons. The molecule has 0 saturated carbocycles. The van der Waals surface area contributed by atoms with Crippen molar-refractivity contribution in [1.82, 2.24) is 14.7 Å². The lowest BCUT2D eigenvalue weighted by atomic mass is 10.1. The molecule has 0 bridgehead atoms. The second-order valence-corrected chi connectivity index (χ2v) is 6.39. The standard InChI is InChI=1S/C17H21F2N3O2/c1-20-6-7-21-8-9-22(11-15(21)17(20)24)16(23)5-3-12-2-4-13(18)10-14(12)19/h2,4,10,15H,3,5-9,11H2,1H3. The molecule has 2 fully saturated rings. The van der Waals surface area contributed by atoms with E-state index in [1.807, 2.05) is 0 Å². The van der Waals surface area contributed by atoms with E-state index in [0.29, 0.717) is 31.7 Å². The summed E-state index contributed by atoms with van der Waals surface area (Å²) in [4.78, 5) is 30.1. The molecule has 7 heteroatoms. The molecule has 2 amide bonds. The van der Waals surface area contributed by atoms with Gasteiger partial charge in [0.15, 0.2) is 0 Å². The van der Waals surface area contributed by atoms with Gasteiger partial charge < -0.3 is 9.80 Å². The second-order valence-electron chi connectivity index (χ2n) is 6.39. The molecule has 0 spiro atoms. The van der Waals surface area contributed by atoms with Crippen molar-refractivity contribution in [3.05, 3.63) is 35.4 Å². The van der Waals surface area contributed by atoms with Gasteiger partial charge in [-0.15, -0.1) is 0 Å². The predicted molar refractivity (Wildman–Crippen MR) is 84.3 cm³/mol. The number of halogens is 2. The summed E-state index contributed by atoms with van der Waals surface area (Å²) in [6.45, 7) is 3.19. The molecule has 2 aliphatic heterocycles. The summed E-state index contributed by atoms with van der Waals surface area (Å²) in [5, 5.41) is 0. The highest BCUT2D eigenvalue weighted by atomic mass is 19.1. The van der Waals surface area contributed by atoms with E-state index in [2.05, 4.69) is 4.90 Å². The molecule has 0 N–H and O–H groups in total. The number of hydrogen-bond acceptors (Lipinski definition) is 3. The van der Waals surface area contributed by atoms with E-state index < -0.39 is 11.6 Å². The monoisotopic (exact) mass is 337 g/mol. The summed E-state index contributed by atoms with van der Waals surface area (Å²) in [7, 11) is 1.78. The first-order chi connectivity index (χ1) is 11.5.